The van der Waals surface area contributed by atoms with E-state index in [-0.39, 0.29) is 18.4 Å². The lowest BCUT2D eigenvalue weighted by atomic mass is 10.2. The average molecular weight is 380 g/mol. The number of nitrogens with one attached hydrogen (secondary N) is 1. The highest BCUT2D eigenvalue weighted by atomic mass is 16.5. The smallest absolute Gasteiger partial charge is 0.230 e. The van der Waals surface area contributed by atoms with E-state index in [9.17, 15) is 4.79 Å². The van der Waals surface area contributed by atoms with E-state index in [0.717, 1.165) is 5.56 Å². The Kier molecular flexibility index (Phi) is 5.99. The minimum atomic E-state index is -0.192. The number of hydrogen-bond donors (Lipinski definition) is 1. The number of oxazole rings is 1. The number of hydrogen-bond acceptors (Lipinski definition) is 5. The zero-order chi connectivity index (χ0) is 20.1. The van der Waals surface area contributed by atoms with Gasteiger partial charge in [0, 0.05) is 0 Å². The maximum Gasteiger partial charge on any atom is 0.230 e. The Morgan fingerprint density at radius 3 is 2.50 bits per heavy atom. The third kappa shape index (κ3) is 4.52. The van der Waals surface area contributed by atoms with Crippen LogP contribution in [0.25, 0.3) is 11.5 Å². The number of anilines is 1. The van der Waals surface area contributed by atoms with Crippen LogP contribution in [-0.2, 0) is 11.2 Å². The van der Waals surface area contributed by atoms with Gasteiger partial charge >= 0.3 is 0 Å². The van der Waals surface area contributed by atoms with Crippen molar-refractivity contribution < 1.29 is 18.7 Å². The Morgan fingerprint density at radius 1 is 1.11 bits per heavy atom. The number of methoxy groups -OCH3 is 1. The van der Waals surface area contributed by atoms with Crippen molar-refractivity contribution in [1.29, 1.82) is 0 Å². The summed E-state index contributed by atoms with van der Waals surface area (Å²) in [5.74, 6) is 2.14. The normalized spacial score (nSPS) is 10.8. The van der Waals surface area contributed by atoms with Crippen LogP contribution in [0.3, 0.4) is 0 Å². The lowest BCUT2D eigenvalue weighted by molar-refractivity contribution is -0.115. The van der Waals surface area contributed by atoms with Gasteiger partial charge in [-0.3, -0.25) is 4.79 Å². The number of aryl methyl sites for hydroxylation is 1. The molecule has 0 aliphatic carbocycles. The standard InChI is InChI=1S/C22H24N2O4/c1-14(2)27-20-12-8-6-10-17(20)23-21(25)13-18-15(3)28-22(24-18)16-9-5-7-11-19(16)26-4/h5-12,14H,13H2,1-4H3,(H,23,25). The van der Waals surface area contributed by atoms with Crippen LogP contribution in [0.15, 0.2) is 52.9 Å². The molecule has 1 aromatic heterocycles. The first-order valence-corrected chi connectivity index (χ1v) is 9.13. The molecule has 0 saturated heterocycles. The summed E-state index contributed by atoms with van der Waals surface area (Å²) in [6.45, 7) is 5.68. The number of carbonyl (C=O) groups is 1. The number of amides is 1. The summed E-state index contributed by atoms with van der Waals surface area (Å²) in [7, 11) is 1.60. The molecule has 28 heavy (non-hydrogen) atoms. The number of aromatic nitrogens is 1. The predicted molar refractivity (Wildman–Crippen MR) is 108 cm³/mol. The van der Waals surface area contributed by atoms with Gasteiger partial charge in [-0.25, -0.2) is 4.98 Å². The molecule has 146 valence electrons. The van der Waals surface area contributed by atoms with E-state index in [1.54, 1.807) is 14.0 Å². The molecule has 1 heterocycles. The molecule has 3 aromatic rings. The van der Waals surface area contributed by atoms with Gasteiger partial charge in [0.25, 0.3) is 0 Å². The number of benzene rings is 2. The van der Waals surface area contributed by atoms with E-state index in [4.69, 9.17) is 13.9 Å². The first kappa shape index (κ1) is 19.5. The molecule has 6 heteroatoms. The fraction of sp³-hybridized carbons (Fsp3) is 0.273. The van der Waals surface area contributed by atoms with Gasteiger partial charge in [0.15, 0.2) is 0 Å². The molecule has 0 bridgehead atoms. The van der Waals surface area contributed by atoms with Gasteiger partial charge < -0.3 is 19.2 Å². The molecule has 0 saturated carbocycles. The Labute approximate surface area is 164 Å². The van der Waals surface area contributed by atoms with Gasteiger partial charge in [-0.05, 0) is 45.0 Å². The highest BCUT2D eigenvalue weighted by Crippen LogP contribution is 2.30. The molecule has 0 aliphatic heterocycles. The first-order valence-electron chi connectivity index (χ1n) is 9.13. The van der Waals surface area contributed by atoms with Crippen LogP contribution < -0.4 is 14.8 Å². The molecule has 0 radical (unpaired) electrons. The molecule has 0 unspecified atom stereocenters. The van der Waals surface area contributed by atoms with E-state index in [2.05, 4.69) is 10.3 Å². The minimum absolute atomic E-state index is 0.0132. The summed E-state index contributed by atoms with van der Waals surface area (Å²) in [5.41, 5.74) is 1.96. The van der Waals surface area contributed by atoms with Crippen molar-refractivity contribution in [3.63, 3.8) is 0 Å². The van der Waals surface area contributed by atoms with Gasteiger partial charge in [0.2, 0.25) is 11.8 Å². The molecule has 3 rings (SSSR count). The Morgan fingerprint density at radius 2 is 1.79 bits per heavy atom. The molecule has 0 aliphatic rings. The molecule has 0 fully saturated rings. The van der Waals surface area contributed by atoms with Gasteiger partial charge in [-0.2, -0.15) is 0 Å². The van der Waals surface area contributed by atoms with E-state index in [1.807, 2.05) is 62.4 Å². The van der Waals surface area contributed by atoms with Crippen LogP contribution in [0.5, 0.6) is 11.5 Å². The number of nitrogens with zero attached hydrogens (tertiary/aromatic N) is 1. The summed E-state index contributed by atoms with van der Waals surface area (Å²) in [6, 6.07) is 14.8. The first-order chi connectivity index (χ1) is 13.5. The highest BCUT2D eigenvalue weighted by Gasteiger charge is 2.18. The molecular weight excluding hydrogens is 356 g/mol. The quantitative estimate of drug-likeness (QED) is 0.647. The lowest BCUT2D eigenvalue weighted by Gasteiger charge is -2.14. The summed E-state index contributed by atoms with van der Waals surface area (Å²) in [4.78, 5) is 17.1. The van der Waals surface area contributed by atoms with Gasteiger partial charge in [-0.15, -0.1) is 0 Å². The van der Waals surface area contributed by atoms with Crippen molar-refractivity contribution >= 4 is 11.6 Å². The van der Waals surface area contributed by atoms with Crippen molar-refractivity contribution in [1.82, 2.24) is 4.98 Å². The van der Waals surface area contributed by atoms with Crippen LogP contribution in [0.2, 0.25) is 0 Å². The van der Waals surface area contributed by atoms with Crippen LogP contribution in [0.1, 0.15) is 25.3 Å². The monoisotopic (exact) mass is 380 g/mol. The largest absolute Gasteiger partial charge is 0.496 e. The summed E-state index contributed by atoms with van der Waals surface area (Å²) >= 11 is 0. The third-order valence-corrected chi connectivity index (χ3v) is 4.08. The summed E-state index contributed by atoms with van der Waals surface area (Å²) in [6.07, 6.45) is 0.111. The maximum atomic E-state index is 12.6. The lowest BCUT2D eigenvalue weighted by Crippen LogP contribution is -2.17. The summed E-state index contributed by atoms with van der Waals surface area (Å²) < 4.78 is 16.9. The Balaban J connectivity index is 1.76. The van der Waals surface area contributed by atoms with Crippen molar-refractivity contribution in [3.05, 3.63) is 60.0 Å². The molecule has 0 atom stereocenters. The van der Waals surface area contributed by atoms with Crippen LogP contribution in [0.4, 0.5) is 5.69 Å². The van der Waals surface area contributed by atoms with Crippen LogP contribution in [-0.4, -0.2) is 24.1 Å². The molecule has 6 nitrogen and oxygen atoms in total. The second-order valence-electron chi connectivity index (χ2n) is 6.61. The zero-order valence-electron chi connectivity index (χ0n) is 16.5. The van der Waals surface area contributed by atoms with E-state index < -0.39 is 0 Å². The van der Waals surface area contributed by atoms with Crippen molar-refractivity contribution in [2.45, 2.75) is 33.3 Å². The number of carbonyl (C=O) groups excluding carboxylic acids is 1. The van der Waals surface area contributed by atoms with Crippen LogP contribution in [0, 0.1) is 6.92 Å². The number of para-hydroxylation sites is 3. The third-order valence-electron chi connectivity index (χ3n) is 4.08. The van der Waals surface area contributed by atoms with Crippen molar-refractivity contribution in [2.24, 2.45) is 0 Å². The molecular formula is C22H24N2O4. The highest BCUT2D eigenvalue weighted by molar-refractivity contribution is 5.93. The van der Waals surface area contributed by atoms with Gasteiger partial charge in [0.1, 0.15) is 17.3 Å². The topological polar surface area (TPSA) is 73.6 Å². The predicted octanol–water partition coefficient (Wildman–Crippen LogP) is 4.63. The fourth-order valence-corrected chi connectivity index (χ4v) is 2.80. The molecule has 2 aromatic carbocycles. The zero-order valence-corrected chi connectivity index (χ0v) is 16.5. The number of rotatable bonds is 7. The van der Waals surface area contributed by atoms with Crippen molar-refractivity contribution in [3.8, 4) is 23.0 Å². The van der Waals surface area contributed by atoms with Crippen LogP contribution >= 0.6 is 0 Å². The molecule has 1 N–H and O–H groups in total. The minimum Gasteiger partial charge on any atom is -0.496 e. The second-order valence-corrected chi connectivity index (χ2v) is 6.61. The van der Waals surface area contributed by atoms with Crippen molar-refractivity contribution in [2.75, 3.05) is 12.4 Å². The SMILES string of the molecule is COc1ccccc1-c1nc(CC(=O)Nc2ccccc2OC(C)C)c(C)o1. The van der Waals surface area contributed by atoms with Gasteiger partial charge in [-0.1, -0.05) is 24.3 Å². The molecule has 0 spiro atoms. The van der Waals surface area contributed by atoms with E-state index >= 15 is 0 Å². The Hall–Kier alpha value is -3.28. The van der Waals surface area contributed by atoms with E-state index in [1.165, 1.54) is 0 Å². The van der Waals surface area contributed by atoms with Gasteiger partial charge in [0.05, 0.1) is 36.6 Å². The second kappa shape index (κ2) is 8.61. The Bertz CT molecular complexity index is 963. The van der Waals surface area contributed by atoms with E-state index in [0.29, 0.717) is 34.5 Å². The average Bonchev–Trinajstić information content (AvgIpc) is 3.03. The summed E-state index contributed by atoms with van der Waals surface area (Å²) in [5, 5.41) is 2.89. The molecule has 1 amide bonds. The fourth-order valence-electron chi connectivity index (χ4n) is 2.80. The maximum absolute atomic E-state index is 12.6. The number of ether oxygens (including phenoxy) is 2.